The molecule has 0 spiro atoms. The fraction of sp³-hybridized carbons (Fsp3) is 0.333. The summed E-state index contributed by atoms with van der Waals surface area (Å²) in [4.78, 5) is 28.6. The summed E-state index contributed by atoms with van der Waals surface area (Å²) in [5.74, 6) is -2.18. The van der Waals surface area contributed by atoms with Crippen molar-refractivity contribution in [3.63, 3.8) is 0 Å². The molecule has 2 saturated heterocycles. The zero-order chi connectivity index (χ0) is 23.2. The van der Waals surface area contributed by atoms with Crippen LogP contribution < -0.4 is 0 Å². The summed E-state index contributed by atoms with van der Waals surface area (Å²) in [6, 6.07) is 6.00. The lowest BCUT2D eigenvalue weighted by atomic mass is 9.97. The highest BCUT2D eigenvalue weighted by Gasteiger charge is 2.36. The van der Waals surface area contributed by atoms with Crippen molar-refractivity contribution in [2.75, 3.05) is 26.2 Å². The average Bonchev–Trinajstić information content (AvgIpc) is 3.50. The number of aromatic nitrogens is 5. The van der Waals surface area contributed by atoms with Gasteiger partial charge in [-0.2, -0.15) is 5.10 Å². The van der Waals surface area contributed by atoms with Crippen molar-refractivity contribution in [2.24, 2.45) is 0 Å². The highest BCUT2D eigenvalue weighted by Crippen LogP contribution is 2.30. The van der Waals surface area contributed by atoms with E-state index in [2.05, 4.69) is 25.0 Å². The molecule has 4 aromatic rings. The first-order valence-electron chi connectivity index (χ1n) is 11.4. The molecule has 8 nitrogen and oxygen atoms in total. The first kappa shape index (κ1) is 20.9. The van der Waals surface area contributed by atoms with Crippen LogP contribution in [0.4, 0.5) is 8.78 Å². The molecule has 0 bridgehead atoms. The first-order valence-corrected chi connectivity index (χ1v) is 11.4. The number of benzene rings is 1. The van der Waals surface area contributed by atoms with Crippen molar-refractivity contribution in [1.82, 2.24) is 34.5 Å². The molecule has 1 N–H and O–H groups in total. The Kier molecular flexibility index (Phi) is 5.09. The lowest BCUT2D eigenvalue weighted by molar-refractivity contribution is 0.0197. The van der Waals surface area contributed by atoms with E-state index >= 15 is 0 Å². The number of likely N-dealkylation sites (tertiary alicyclic amines) is 2. The quantitative estimate of drug-likeness (QED) is 0.502. The van der Waals surface area contributed by atoms with E-state index in [1.165, 1.54) is 6.07 Å². The van der Waals surface area contributed by atoms with Gasteiger partial charge in [-0.15, -0.1) is 0 Å². The zero-order valence-corrected chi connectivity index (χ0v) is 18.4. The van der Waals surface area contributed by atoms with Gasteiger partial charge in [0.25, 0.3) is 5.91 Å². The molecule has 0 atom stereocenters. The maximum absolute atomic E-state index is 13.5. The molecule has 0 saturated carbocycles. The Labute approximate surface area is 194 Å². The molecule has 10 heteroatoms. The van der Waals surface area contributed by atoms with Crippen molar-refractivity contribution < 1.29 is 13.6 Å². The number of nitrogens with one attached hydrogen (secondary N) is 1. The van der Waals surface area contributed by atoms with Gasteiger partial charge in [-0.3, -0.25) is 14.4 Å². The zero-order valence-electron chi connectivity index (χ0n) is 18.4. The first-order chi connectivity index (χ1) is 16.6. The lowest BCUT2D eigenvalue weighted by Crippen LogP contribution is -2.56. The SMILES string of the molecule is O=C(c1ccc(F)c(F)c1)N1CCC(N2CC(n3cc(-c4ncnc5[nH]ccc45)cn3)C2)CC1. The predicted octanol–water partition coefficient (Wildman–Crippen LogP) is 3.26. The van der Waals surface area contributed by atoms with E-state index in [1.54, 1.807) is 11.2 Å². The van der Waals surface area contributed by atoms with Crippen LogP contribution in [0.1, 0.15) is 29.2 Å². The van der Waals surface area contributed by atoms with Gasteiger partial charge in [0.2, 0.25) is 0 Å². The van der Waals surface area contributed by atoms with E-state index in [1.807, 2.05) is 29.3 Å². The summed E-state index contributed by atoms with van der Waals surface area (Å²) in [6.45, 7) is 3.03. The second-order valence-corrected chi connectivity index (χ2v) is 8.93. The molecule has 2 aliphatic heterocycles. The van der Waals surface area contributed by atoms with E-state index in [9.17, 15) is 13.6 Å². The molecule has 1 aromatic carbocycles. The Hall–Kier alpha value is -3.66. The number of halogens is 2. The van der Waals surface area contributed by atoms with Crippen LogP contribution in [0.3, 0.4) is 0 Å². The van der Waals surface area contributed by atoms with Gasteiger partial charge < -0.3 is 9.88 Å². The maximum Gasteiger partial charge on any atom is 0.253 e. The smallest absolute Gasteiger partial charge is 0.253 e. The second kappa shape index (κ2) is 8.28. The topological polar surface area (TPSA) is 82.9 Å². The summed E-state index contributed by atoms with van der Waals surface area (Å²) in [6.07, 6.45) is 9.02. The van der Waals surface area contributed by atoms with Crippen LogP contribution in [-0.2, 0) is 0 Å². The molecule has 2 aliphatic rings. The molecular formula is C24H23F2N7O. The molecule has 0 aliphatic carbocycles. The molecule has 5 heterocycles. The second-order valence-electron chi connectivity index (χ2n) is 8.93. The van der Waals surface area contributed by atoms with Gasteiger partial charge in [-0.25, -0.2) is 18.7 Å². The highest BCUT2D eigenvalue weighted by molar-refractivity contribution is 5.94. The van der Waals surface area contributed by atoms with Gasteiger partial charge in [0.15, 0.2) is 11.6 Å². The van der Waals surface area contributed by atoms with Crippen molar-refractivity contribution in [3.8, 4) is 11.3 Å². The Balaban J connectivity index is 1.05. The number of carbonyl (C=O) groups is 1. The Morgan fingerprint density at radius 2 is 1.85 bits per heavy atom. The highest BCUT2D eigenvalue weighted by atomic mass is 19.2. The lowest BCUT2D eigenvalue weighted by Gasteiger charge is -2.47. The van der Waals surface area contributed by atoms with Gasteiger partial charge in [0, 0.05) is 61.1 Å². The van der Waals surface area contributed by atoms with Gasteiger partial charge in [0.05, 0.1) is 17.9 Å². The normalized spacial score (nSPS) is 17.9. The van der Waals surface area contributed by atoms with Crippen LogP contribution in [0.15, 0.2) is 49.2 Å². The maximum atomic E-state index is 13.5. The summed E-state index contributed by atoms with van der Waals surface area (Å²) < 4.78 is 28.7. The van der Waals surface area contributed by atoms with E-state index < -0.39 is 11.6 Å². The van der Waals surface area contributed by atoms with E-state index in [0.717, 1.165) is 60.4 Å². The molecule has 2 fully saturated rings. The molecule has 34 heavy (non-hydrogen) atoms. The summed E-state index contributed by atoms with van der Waals surface area (Å²) in [7, 11) is 0. The van der Waals surface area contributed by atoms with Crippen LogP contribution >= 0.6 is 0 Å². The monoisotopic (exact) mass is 463 g/mol. The number of fused-ring (bicyclic) bond motifs is 1. The molecule has 174 valence electrons. The fourth-order valence-electron chi connectivity index (χ4n) is 4.96. The Bertz CT molecular complexity index is 1350. The molecule has 1 amide bonds. The van der Waals surface area contributed by atoms with E-state index in [4.69, 9.17) is 0 Å². The minimum absolute atomic E-state index is 0.191. The van der Waals surface area contributed by atoms with Crippen molar-refractivity contribution in [2.45, 2.75) is 24.9 Å². The van der Waals surface area contributed by atoms with Crippen LogP contribution in [0, 0.1) is 11.6 Å². The van der Waals surface area contributed by atoms with Crippen molar-refractivity contribution in [3.05, 3.63) is 66.4 Å². The number of hydrogen-bond acceptors (Lipinski definition) is 5. The largest absolute Gasteiger partial charge is 0.346 e. The molecule has 6 rings (SSSR count). The number of piperidine rings is 1. The Morgan fingerprint density at radius 3 is 2.65 bits per heavy atom. The number of H-pyrrole nitrogens is 1. The van der Waals surface area contributed by atoms with Crippen molar-refractivity contribution >= 4 is 16.9 Å². The summed E-state index contributed by atoms with van der Waals surface area (Å²) in [5, 5.41) is 5.55. The average molecular weight is 463 g/mol. The third-order valence-corrected chi connectivity index (χ3v) is 6.93. The number of amides is 1. The van der Waals surface area contributed by atoms with Crippen LogP contribution in [-0.4, -0.2) is 72.7 Å². The van der Waals surface area contributed by atoms with E-state index in [0.29, 0.717) is 25.2 Å². The molecule has 3 aromatic heterocycles. The summed E-state index contributed by atoms with van der Waals surface area (Å²) >= 11 is 0. The minimum atomic E-state index is -0.994. The number of nitrogens with zero attached hydrogens (tertiary/aromatic N) is 6. The number of aromatic amines is 1. The predicted molar refractivity (Wildman–Crippen MR) is 121 cm³/mol. The van der Waals surface area contributed by atoms with Crippen LogP contribution in [0.25, 0.3) is 22.3 Å². The van der Waals surface area contributed by atoms with Gasteiger partial charge >= 0.3 is 0 Å². The van der Waals surface area contributed by atoms with Gasteiger partial charge in [-0.1, -0.05) is 0 Å². The van der Waals surface area contributed by atoms with Crippen molar-refractivity contribution in [1.29, 1.82) is 0 Å². The molecule has 0 unspecified atom stereocenters. The third kappa shape index (κ3) is 3.63. The standard InChI is InChI=1S/C24H23F2N7O/c25-20-2-1-15(9-21(20)26)24(34)31-7-4-17(5-8-31)32-12-18(13-32)33-11-16(10-30-33)22-19-3-6-27-23(19)29-14-28-22/h1-3,6,9-11,14,17-18H,4-5,7-8,12-13H2,(H,27,28,29). The summed E-state index contributed by atoms with van der Waals surface area (Å²) in [5.41, 5.74) is 2.83. The molecular weight excluding hydrogens is 440 g/mol. The number of rotatable bonds is 4. The molecule has 0 radical (unpaired) electrons. The Morgan fingerprint density at radius 1 is 1.03 bits per heavy atom. The minimum Gasteiger partial charge on any atom is -0.346 e. The third-order valence-electron chi connectivity index (χ3n) is 6.93. The number of hydrogen-bond donors (Lipinski definition) is 1. The fourth-order valence-corrected chi connectivity index (χ4v) is 4.96. The van der Waals surface area contributed by atoms with E-state index in [-0.39, 0.29) is 11.5 Å². The number of carbonyl (C=O) groups excluding carboxylic acids is 1. The van der Waals surface area contributed by atoms with Crippen LogP contribution in [0.5, 0.6) is 0 Å². The van der Waals surface area contributed by atoms with Gasteiger partial charge in [0.1, 0.15) is 12.0 Å². The van der Waals surface area contributed by atoms with Gasteiger partial charge in [-0.05, 0) is 37.1 Å². The van der Waals surface area contributed by atoms with Crippen LogP contribution in [0.2, 0.25) is 0 Å².